The molecule has 2 heterocycles. The number of aromatic nitrogens is 2. The molecular formula is C9H11N3O4. The molecule has 0 spiro atoms. The van der Waals surface area contributed by atoms with Crippen LogP contribution in [0.3, 0.4) is 0 Å². The van der Waals surface area contributed by atoms with Crippen molar-refractivity contribution in [3.63, 3.8) is 0 Å². The van der Waals surface area contributed by atoms with Crippen molar-refractivity contribution in [2.24, 2.45) is 0 Å². The molecule has 86 valence electrons. The third-order valence-corrected chi connectivity index (χ3v) is 2.32. The van der Waals surface area contributed by atoms with Crippen LogP contribution in [0.5, 0.6) is 0 Å². The van der Waals surface area contributed by atoms with Gasteiger partial charge in [-0.05, 0) is 6.92 Å². The summed E-state index contributed by atoms with van der Waals surface area (Å²) >= 11 is 0. The smallest absolute Gasteiger partial charge is 0.407 e. The van der Waals surface area contributed by atoms with E-state index < -0.39 is 12.1 Å². The lowest BCUT2D eigenvalue weighted by Crippen LogP contribution is -2.20. The zero-order chi connectivity index (χ0) is 11.7. The second-order valence-corrected chi connectivity index (χ2v) is 3.56. The molecule has 0 bridgehead atoms. The van der Waals surface area contributed by atoms with Gasteiger partial charge in [0.2, 0.25) is 0 Å². The van der Waals surface area contributed by atoms with Crippen LogP contribution in [0.1, 0.15) is 16.1 Å². The fourth-order valence-electron chi connectivity index (χ4n) is 1.56. The molecule has 0 radical (unpaired) electrons. The molecule has 7 nitrogen and oxygen atoms in total. The first-order valence-corrected chi connectivity index (χ1v) is 4.78. The van der Waals surface area contributed by atoms with E-state index in [2.05, 4.69) is 10.4 Å². The van der Waals surface area contributed by atoms with E-state index >= 15 is 0 Å². The highest BCUT2D eigenvalue weighted by Gasteiger charge is 2.23. The van der Waals surface area contributed by atoms with Crippen molar-refractivity contribution in [3.05, 3.63) is 17.5 Å². The molecule has 2 N–H and O–H groups in total. The van der Waals surface area contributed by atoms with E-state index in [4.69, 9.17) is 9.84 Å². The molecule has 1 unspecified atom stereocenters. The molecule has 1 amide bonds. The fraction of sp³-hybridized carbons (Fsp3) is 0.444. The topological polar surface area (TPSA) is 93.5 Å². The highest BCUT2D eigenvalue weighted by Crippen LogP contribution is 2.08. The van der Waals surface area contributed by atoms with Gasteiger partial charge in [-0.25, -0.2) is 9.59 Å². The van der Waals surface area contributed by atoms with Gasteiger partial charge in [-0.3, -0.25) is 4.68 Å². The van der Waals surface area contributed by atoms with Gasteiger partial charge in [-0.1, -0.05) is 0 Å². The number of ether oxygens (including phenoxy) is 1. The lowest BCUT2D eigenvalue weighted by molar-refractivity contribution is 0.0695. The standard InChI is InChI=1S/C9H11N3O4/c1-5-7(8(13)14)4-12(11-5)3-6-2-10-9(15)16-6/h4,6H,2-3H2,1H3,(H,10,15)(H,13,14). The van der Waals surface area contributed by atoms with Crippen LogP contribution >= 0.6 is 0 Å². The van der Waals surface area contributed by atoms with Gasteiger partial charge in [0.1, 0.15) is 11.7 Å². The zero-order valence-corrected chi connectivity index (χ0v) is 8.64. The summed E-state index contributed by atoms with van der Waals surface area (Å²) in [6.07, 6.45) is 0.685. The second-order valence-electron chi connectivity index (χ2n) is 3.56. The Morgan fingerprint density at radius 2 is 2.56 bits per heavy atom. The molecule has 7 heteroatoms. The van der Waals surface area contributed by atoms with Crippen LogP contribution in [0, 0.1) is 6.92 Å². The summed E-state index contributed by atoms with van der Waals surface area (Å²) in [5.74, 6) is -1.01. The van der Waals surface area contributed by atoms with Gasteiger partial charge in [0.15, 0.2) is 0 Å². The average molecular weight is 225 g/mol. The predicted molar refractivity (Wildman–Crippen MR) is 52.2 cm³/mol. The number of hydrogen-bond donors (Lipinski definition) is 2. The minimum Gasteiger partial charge on any atom is -0.478 e. The van der Waals surface area contributed by atoms with Gasteiger partial charge in [0.05, 0.1) is 18.8 Å². The average Bonchev–Trinajstić information content (AvgIpc) is 2.73. The number of cyclic esters (lactones) is 1. The molecule has 1 aromatic rings. The summed E-state index contributed by atoms with van der Waals surface area (Å²) in [5.41, 5.74) is 0.613. The Kier molecular flexibility index (Phi) is 2.51. The Bertz CT molecular complexity index is 440. The Morgan fingerprint density at radius 1 is 1.81 bits per heavy atom. The number of carboxylic acids is 1. The van der Waals surface area contributed by atoms with E-state index in [9.17, 15) is 9.59 Å². The zero-order valence-electron chi connectivity index (χ0n) is 8.64. The molecule has 1 saturated heterocycles. The molecule has 1 aliphatic rings. The number of hydrogen-bond acceptors (Lipinski definition) is 4. The third-order valence-electron chi connectivity index (χ3n) is 2.32. The second kappa shape index (κ2) is 3.84. The van der Waals surface area contributed by atoms with Crippen LogP contribution in [0.15, 0.2) is 6.20 Å². The Labute approximate surface area is 91.0 Å². The van der Waals surface area contributed by atoms with E-state index in [1.165, 1.54) is 10.9 Å². The maximum absolute atomic E-state index is 10.8. The summed E-state index contributed by atoms with van der Waals surface area (Å²) in [6, 6.07) is 0. The normalized spacial score (nSPS) is 19.3. The summed E-state index contributed by atoms with van der Waals surface area (Å²) in [7, 11) is 0. The first kappa shape index (κ1) is 10.5. The number of carbonyl (C=O) groups is 2. The van der Waals surface area contributed by atoms with Crippen molar-refractivity contribution < 1.29 is 19.4 Å². The maximum atomic E-state index is 10.8. The molecule has 0 aromatic carbocycles. The van der Waals surface area contributed by atoms with Crippen LogP contribution in [-0.2, 0) is 11.3 Å². The van der Waals surface area contributed by atoms with Crippen LogP contribution in [0.2, 0.25) is 0 Å². The molecule has 0 aliphatic carbocycles. The lowest BCUT2D eigenvalue weighted by Gasteiger charge is -2.06. The van der Waals surface area contributed by atoms with Gasteiger partial charge in [0, 0.05) is 6.20 Å². The molecule has 1 aliphatic heterocycles. The molecule has 2 rings (SSSR count). The number of nitrogens with one attached hydrogen (secondary N) is 1. The number of aromatic carboxylic acids is 1. The maximum Gasteiger partial charge on any atom is 0.407 e. The molecule has 0 saturated carbocycles. The predicted octanol–water partition coefficient (Wildman–Crippen LogP) is -0.00188. The highest BCUT2D eigenvalue weighted by atomic mass is 16.6. The molecule has 16 heavy (non-hydrogen) atoms. The quantitative estimate of drug-likeness (QED) is 0.755. The number of carboxylic acid groups (broad SMARTS) is 1. The largest absolute Gasteiger partial charge is 0.478 e. The van der Waals surface area contributed by atoms with E-state index in [1.807, 2.05) is 0 Å². The Balaban J connectivity index is 2.07. The van der Waals surface area contributed by atoms with Gasteiger partial charge in [-0.2, -0.15) is 5.10 Å². The van der Waals surface area contributed by atoms with Crippen molar-refractivity contribution >= 4 is 12.1 Å². The van der Waals surface area contributed by atoms with E-state index in [-0.39, 0.29) is 11.7 Å². The van der Waals surface area contributed by atoms with Gasteiger partial charge >= 0.3 is 12.1 Å². The molecule has 1 aromatic heterocycles. The van der Waals surface area contributed by atoms with Crippen molar-refractivity contribution in [1.82, 2.24) is 15.1 Å². The fourth-order valence-corrected chi connectivity index (χ4v) is 1.56. The number of rotatable bonds is 3. The number of aryl methyl sites for hydroxylation is 1. The minimum atomic E-state index is -1.01. The van der Waals surface area contributed by atoms with Crippen molar-refractivity contribution in [3.8, 4) is 0 Å². The first-order chi connectivity index (χ1) is 7.56. The number of nitrogens with zero attached hydrogens (tertiary/aromatic N) is 2. The van der Waals surface area contributed by atoms with Gasteiger partial charge in [-0.15, -0.1) is 0 Å². The van der Waals surface area contributed by atoms with Gasteiger partial charge < -0.3 is 15.2 Å². The summed E-state index contributed by atoms with van der Waals surface area (Å²) < 4.78 is 6.39. The first-order valence-electron chi connectivity index (χ1n) is 4.78. The summed E-state index contributed by atoms with van der Waals surface area (Å²) in [5, 5.41) is 15.4. The minimum absolute atomic E-state index is 0.164. The van der Waals surface area contributed by atoms with E-state index in [0.29, 0.717) is 18.8 Å². The summed E-state index contributed by atoms with van der Waals surface area (Å²) in [6.45, 7) is 2.39. The highest BCUT2D eigenvalue weighted by molar-refractivity contribution is 5.88. The molecule has 1 fully saturated rings. The monoisotopic (exact) mass is 225 g/mol. The van der Waals surface area contributed by atoms with Crippen LogP contribution in [0.25, 0.3) is 0 Å². The van der Waals surface area contributed by atoms with Gasteiger partial charge in [0.25, 0.3) is 0 Å². The van der Waals surface area contributed by atoms with Crippen molar-refractivity contribution in [1.29, 1.82) is 0 Å². The van der Waals surface area contributed by atoms with Crippen molar-refractivity contribution in [2.45, 2.75) is 19.6 Å². The SMILES string of the molecule is Cc1nn(CC2CNC(=O)O2)cc1C(=O)O. The van der Waals surface area contributed by atoms with E-state index in [0.717, 1.165) is 0 Å². The van der Waals surface area contributed by atoms with Crippen LogP contribution in [0.4, 0.5) is 4.79 Å². The lowest BCUT2D eigenvalue weighted by atomic mass is 10.3. The summed E-state index contributed by atoms with van der Waals surface area (Å²) in [4.78, 5) is 21.5. The molecule has 1 atom stereocenters. The third kappa shape index (κ3) is 1.97. The molecular weight excluding hydrogens is 214 g/mol. The number of carbonyl (C=O) groups excluding carboxylic acids is 1. The van der Waals surface area contributed by atoms with Crippen LogP contribution < -0.4 is 5.32 Å². The Morgan fingerprint density at radius 3 is 3.06 bits per heavy atom. The van der Waals surface area contributed by atoms with Crippen LogP contribution in [-0.4, -0.2) is 39.6 Å². The Hall–Kier alpha value is -2.05. The number of amides is 1. The number of alkyl carbamates (subject to hydrolysis) is 1. The van der Waals surface area contributed by atoms with Crippen molar-refractivity contribution in [2.75, 3.05) is 6.54 Å². The van der Waals surface area contributed by atoms with E-state index in [1.54, 1.807) is 6.92 Å².